The molecule has 1 aliphatic rings. The van der Waals surface area contributed by atoms with Crippen molar-refractivity contribution in [1.82, 2.24) is 19.4 Å². The zero-order valence-electron chi connectivity index (χ0n) is 16.2. The van der Waals surface area contributed by atoms with Crippen LogP contribution in [0.1, 0.15) is 16.8 Å². The van der Waals surface area contributed by atoms with Gasteiger partial charge < -0.3 is 9.55 Å². The van der Waals surface area contributed by atoms with Gasteiger partial charge in [-0.25, -0.2) is 4.98 Å². The summed E-state index contributed by atoms with van der Waals surface area (Å²) in [6, 6.07) is 15.8. The van der Waals surface area contributed by atoms with E-state index in [1.807, 2.05) is 24.3 Å². The largest absolute Gasteiger partial charge is 0.350 e. The van der Waals surface area contributed by atoms with Crippen LogP contribution in [0, 0.1) is 0 Å². The SMILES string of the molecule is Cn1cc(CN2CCc3nc(-c4ccc(Cl)cc4)[nH]c(=O)c3C2)c2ccccc21. The molecule has 5 nitrogen and oxygen atoms in total. The molecular weight excluding hydrogens is 384 g/mol. The first-order chi connectivity index (χ1) is 14.1. The molecule has 0 bridgehead atoms. The summed E-state index contributed by atoms with van der Waals surface area (Å²) in [7, 11) is 2.07. The fraction of sp³-hybridized carbons (Fsp3) is 0.217. The van der Waals surface area contributed by atoms with Gasteiger partial charge in [0.2, 0.25) is 0 Å². The standard InChI is InChI=1S/C23H21ClN4O/c1-27-12-16(18-4-2-3-5-21(18)27)13-28-11-10-20-19(14-28)23(29)26-22(25-20)15-6-8-17(24)9-7-15/h2-9,12H,10-11,13-14H2,1H3,(H,25,26,29). The van der Waals surface area contributed by atoms with Gasteiger partial charge in [-0.1, -0.05) is 29.8 Å². The van der Waals surface area contributed by atoms with E-state index in [1.54, 1.807) is 0 Å². The normalized spacial score (nSPS) is 14.3. The molecule has 6 heteroatoms. The number of fused-ring (bicyclic) bond motifs is 2. The van der Waals surface area contributed by atoms with Crippen molar-refractivity contribution in [3.05, 3.63) is 86.9 Å². The van der Waals surface area contributed by atoms with Gasteiger partial charge in [-0.05, 0) is 35.9 Å². The van der Waals surface area contributed by atoms with Crippen molar-refractivity contribution < 1.29 is 0 Å². The lowest BCUT2D eigenvalue weighted by atomic mass is 10.1. The molecule has 2 aromatic heterocycles. The molecule has 0 atom stereocenters. The highest BCUT2D eigenvalue weighted by molar-refractivity contribution is 6.30. The smallest absolute Gasteiger partial charge is 0.255 e. The van der Waals surface area contributed by atoms with Crippen molar-refractivity contribution in [2.45, 2.75) is 19.5 Å². The number of para-hydroxylation sites is 1. The van der Waals surface area contributed by atoms with Gasteiger partial charge in [-0.15, -0.1) is 0 Å². The van der Waals surface area contributed by atoms with E-state index < -0.39 is 0 Å². The van der Waals surface area contributed by atoms with Gasteiger partial charge in [0.15, 0.2) is 0 Å². The van der Waals surface area contributed by atoms with Gasteiger partial charge in [0.05, 0.1) is 11.3 Å². The molecule has 2 aromatic carbocycles. The van der Waals surface area contributed by atoms with Crippen LogP contribution in [0.5, 0.6) is 0 Å². The average molecular weight is 405 g/mol. The van der Waals surface area contributed by atoms with Crippen LogP contribution in [-0.4, -0.2) is 26.0 Å². The Hall–Kier alpha value is -2.89. The van der Waals surface area contributed by atoms with Gasteiger partial charge in [-0.2, -0.15) is 0 Å². The van der Waals surface area contributed by atoms with Crippen LogP contribution in [0.25, 0.3) is 22.3 Å². The topological polar surface area (TPSA) is 53.9 Å². The zero-order chi connectivity index (χ0) is 20.0. The summed E-state index contributed by atoms with van der Waals surface area (Å²) in [4.78, 5) is 22.8. The number of aromatic amines is 1. The van der Waals surface area contributed by atoms with E-state index >= 15 is 0 Å². The molecule has 0 aliphatic carbocycles. The molecule has 146 valence electrons. The molecule has 0 amide bonds. The van der Waals surface area contributed by atoms with Crippen molar-refractivity contribution in [3.63, 3.8) is 0 Å². The number of aryl methyl sites for hydroxylation is 1. The lowest BCUT2D eigenvalue weighted by Gasteiger charge is -2.27. The first-order valence-electron chi connectivity index (χ1n) is 9.72. The summed E-state index contributed by atoms with van der Waals surface area (Å²) >= 11 is 5.97. The van der Waals surface area contributed by atoms with Crippen molar-refractivity contribution >= 4 is 22.5 Å². The van der Waals surface area contributed by atoms with Crippen LogP contribution >= 0.6 is 11.6 Å². The molecule has 3 heterocycles. The number of H-pyrrole nitrogens is 1. The Bertz CT molecular complexity index is 1260. The second-order valence-corrected chi connectivity index (χ2v) is 8.03. The Morgan fingerprint density at radius 1 is 1.14 bits per heavy atom. The number of rotatable bonds is 3. The van der Waals surface area contributed by atoms with E-state index in [-0.39, 0.29) is 5.56 Å². The summed E-state index contributed by atoms with van der Waals surface area (Å²) < 4.78 is 2.16. The van der Waals surface area contributed by atoms with Crippen LogP contribution in [0.2, 0.25) is 5.02 Å². The third-order valence-electron chi connectivity index (χ3n) is 5.64. The second-order valence-electron chi connectivity index (χ2n) is 7.59. The van der Waals surface area contributed by atoms with Crippen LogP contribution in [0.3, 0.4) is 0 Å². The van der Waals surface area contributed by atoms with Gasteiger partial charge in [0.1, 0.15) is 5.82 Å². The highest BCUT2D eigenvalue weighted by Crippen LogP contribution is 2.25. The van der Waals surface area contributed by atoms with Crippen molar-refractivity contribution in [2.24, 2.45) is 7.05 Å². The maximum absolute atomic E-state index is 12.8. The summed E-state index contributed by atoms with van der Waals surface area (Å²) in [6.07, 6.45) is 2.96. The number of nitrogens with one attached hydrogen (secondary N) is 1. The highest BCUT2D eigenvalue weighted by Gasteiger charge is 2.22. The zero-order valence-corrected chi connectivity index (χ0v) is 16.9. The van der Waals surface area contributed by atoms with E-state index in [0.29, 0.717) is 17.4 Å². The molecule has 4 aromatic rings. The summed E-state index contributed by atoms with van der Waals surface area (Å²) in [5, 5.41) is 1.93. The quantitative estimate of drug-likeness (QED) is 0.558. The maximum Gasteiger partial charge on any atom is 0.255 e. The number of hydrogen-bond donors (Lipinski definition) is 1. The van der Waals surface area contributed by atoms with Gasteiger partial charge in [0.25, 0.3) is 5.56 Å². The molecule has 0 saturated carbocycles. The Balaban J connectivity index is 1.42. The summed E-state index contributed by atoms with van der Waals surface area (Å²) in [6.45, 7) is 2.31. The summed E-state index contributed by atoms with van der Waals surface area (Å²) in [5.41, 5.74) is 5.00. The highest BCUT2D eigenvalue weighted by atomic mass is 35.5. The minimum atomic E-state index is -0.0532. The monoisotopic (exact) mass is 404 g/mol. The lowest BCUT2D eigenvalue weighted by Crippen LogP contribution is -2.35. The average Bonchev–Trinajstić information content (AvgIpc) is 3.04. The predicted molar refractivity (Wildman–Crippen MR) is 116 cm³/mol. The number of aromatic nitrogens is 3. The number of benzene rings is 2. The van der Waals surface area contributed by atoms with Gasteiger partial charge in [0, 0.05) is 60.8 Å². The second kappa shape index (κ2) is 7.17. The third-order valence-corrected chi connectivity index (χ3v) is 5.89. The van der Waals surface area contributed by atoms with Crippen LogP contribution in [0.15, 0.2) is 59.5 Å². The van der Waals surface area contributed by atoms with E-state index in [1.165, 1.54) is 16.5 Å². The lowest BCUT2D eigenvalue weighted by molar-refractivity contribution is 0.242. The maximum atomic E-state index is 12.8. The fourth-order valence-corrected chi connectivity index (χ4v) is 4.28. The fourth-order valence-electron chi connectivity index (χ4n) is 4.15. The molecule has 0 fully saturated rings. The Morgan fingerprint density at radius 3 is 2.76 bits per heavy atom. The van der Waals surface area contributed by atoms with Crippen LogP contribution in [-0.2, 0) is 26.6 Å². The molecular formula is C23H21ClN4O. The molecule has 0 spiro atoms. The molecule has 1 aliphatic heterocycles. The number of hydrogen-bond acceptors (Lipinski definition) is 3. The molecule has 0 radical (unpaired) electrons. The van der Waals surface area contributed by atoms with E-state index in [0.717, 1.165) is 36.3 Å². The van der Waals surface area contributed by atoms with E-state index in [9.17, 15) is 4.79 Å². The van der Waals surface area contributed by atoms with Crippen LogP contribution < -0.4 is 5.56 Å². The predicted octanol–water partition coefficient (Wildman–Crippen LogP) is 4.14. The molecule has 0 unspecified atom stereocenters. The number of halogens is 1. The van der Waals surface area contributed by atoms with E-state index in [2.05, 4.69) is 52.0 Å². The Morgan fingerprint density at radius 2 is 1.93 bits per heavy atom. The van der Waals surface area contributed by atoms with Crippen molar-refractivity contribution in [3.8, 4) is 11.4 Å². The molecule has 29 heavy (non-hydrogen) atoms. The minimum absolute atomic E-state index is 0.0532. The molecule has 5 rings (SSSR count). The van der Waals surface area contributed by atoms with Crippen LogP contribution in [0.4, 0.5) is 0 Å². The van der Waals surface area contributed by atoms with Crippen molar-refractivity contribution in [1.29, 1.82) is 0 Å². The Labute approximate surface area is 173 Å². The van der Waals surface area contributed by atoms with Gasteiger partial charge in [-0.3, -0.25) is 9.69 Å². The molecule has 0 saturated heterocycles. The van der Waals surface area contributed by atoms with Gasteiger partial charge >= 0.3 is 0 Å². The van der Waals surface area contributed by atoms with Crippen molar-refractivity contribution in [2.75, 3.05) is 6.54 Å². The first kappa shape index (κ1) is 18.2. The van der Waals surface area contributed by atoms with E-state index in [4.69, 9.17) is 16.6 Å². The third kappa shape index (κ3) is 3.37. The summed E-state index contributed by atoms with van der Waals surface area (Å²) in [5.74, 6) is 0.605. The first-order valence-corrected chi connectivity index (χ1v) is 10.1. The Kier molecular flexibility index (Phi) is 4.49. The molecule has 1 N–H and O–H groups in total. The minimum Gasteiger partial charge on any atom is -0.350 e. The number of nitrogens with zero attached hydrogens (tertiary/aromatic N) is 3.